The Morgan fingerprint density at radius 1 is 1.33 bits per heavy atom. The zero-order chi connectivity index (χ0) is 10.7. The van der Waals surface area contributed by atoms with Crippen LogP contribution in [0.3, 0.4) is 0 Å². The zero-order valence-electron chi connectivity index (χ0n) is 9.39. The van der Waals surface area contributed by atoms with Gasteiger partial charge >= 0.3 is 0 Å². The average Bonchev–Trinajstić information content (AvgIpc) is 2.26. The van der Waals surface area contributed by atoms with Gasteiger partial charge in [0.25, 0.3) is 0 Å². The molecule has 0 radical (unpaired) electrons. The Balaban J connectivity index is 1.99. The van der Waals surface area contributed by atoms with E-state index in [4.69, 9.17) is 5.73 Å². The molecule has 2 heteroatoms. The van der Waals surface area contributed by atoms with Gasteiger partial charge in [0.15, 0.2) is 0 Å². The van der Waals surface area contributed by atoms with Gasteiger partial charge < -0.3 is 5.73 Å². The molecule has 2 unspecified atom stereocenters. The number of nitrogens with two attached hydrogens (primary N) is 1. The first kappa shape index (κ1) is 10.7. The highest BCUT2D eigenvalue weighted by molar-refractivity contribution is 5.14. The van der Waals surface area contributed by atoms with Crippen LogP contribution in [0.15, 0.2) is 30.3 Å². The van der Waals surface area contributed by atoms with Crippen LogP contribution >= 0.6 is 0 Å². The Morgan fingerprint density at radius 3 is 2.80 bits per heavy atom. The van der Waals surface area contributed by atoms with Gasteiger partial charge in [-0.2, -0.15) is 0 Å². The Hall–Kier alpha value is -0.860. The Bertz CT molecular complexity index is 297. The SMILES string of the molecule is CC1CCCN(Cc2ccccc2)C1N. The van der Waals surface area contributed by atoms with Crippen LogP contribution in [-0.2, 0) is 6.54 Å². The molecule has 1 aliphatic heterocycles. The highest BCUT2D eigenvalue weighted by Gasteiger charge is 2.24. The van der Waals surface area contributed by atoms with E-state index in [2.05, 4.69) is 42.2 Å². The van der Waals surface area contributed by atoms with Crippen molar-refractivity contribution in [1.82, 2.24) is 4.90 Å². The molecule has 0 amide bonds. The second-order valence-corrected chi connectivity index (χ2v) is 4.57. The molecule has 1 fully saturated rings. The summed E-state index contributed by atoms with van der Waals surface area (Å²) in [5.74, 6) is 0.627. The van der Waals surface area contributed by atoms with E-state index in [-0.39, 0.29) is 6.17 Å². The van der Waals surface area contributed by atoms with E-state index in [9.17, 15) is 0 Å². The summed E-state index contributed by atoms with van der Waals surface area (Å²) >= 11 is 0. The van der Waals surface area contributed by atoms with Crippen LogP contribution in [0.4, 0.5) is 0 Å². The maximum absolute atomic E-state index is 6.20. The third kappa shape index (κ3) is 2.58. The summed E-state index contributed by atoms with van der Waals surface area (Å²) in [6, 6.07) is 10.6. The molecule has 15 heavy (non-hydrogen) atoms. The summed E-state index contributed by atoms with van der Waals surface area (Å²) in [5, 5.41) is 0. The maximum Gasteiger partial charge on any atom is 0.0601 e. The lowest BCUT2D eigenvalue weighted by atomic mass is 9.96. The zero-order valence-corrected chi connectivity index (χ0v) is 9.39. The molecule has 1 saturated heterocycles. The van der Waals surface area contributed by atoms with Crippen LogP contribution in [0.1, 0.15) is 25.3 Å². The molecule has 0 saturated carbocycles. The molecule has 2 N–H and O–H groups in total. The molecule has 1 heterocycles. The van der Waals surface area contributed by atoms with E-state index in [0.29, 0.717) is 5.92 Å². The Kier molecular flexibility index (Phi) is 3.39. The van der Waals surface area contributed by atoms with Crippen LogP contribution in [0.5, 0.6) is 0 Å². The topological polar surface area (TPSA) is 29.3 Å². The first-order chi connectivity index (χ1) is 7.27. The van der Waals surface area contributed by atoms with E-state index in [0.717, 1.165) is 13.1 Å². The van der Waals surface area contributed by atoms with Crippen LogP contribution in [-0.4, -0.2) is 17.6 Å². The van der Waals surface area contributed by atoms with E-state index in [1.54, 1.807) is 0 Å². The minimum Gasteiger partial charge on any atom is -0.315 e. The molecule has 1 aromatic carbocycles. The van der Waals surface area contributed by atoms with Gasteiger partial charge in [-0.3, -0.25) is 4.90 Å². The molecule has 0 aliphatic carbocycles. The number of rotatable bonds is 2. The molecule has 1 aromatic rings. The number of benzene rings is 1. The van der Waals surface area contributed by atoms with Gasteiger partial charge in [0.2, 0.25) is 0 Å². The molecular weight excluding hydrogens is 184 g/mol. The van der Waals surface area contributed by atoms with E-state index in [1.807, 2.05) is 0 Å². The standard InChI is InChI=1S/C13H20N2/c1-11-6-5-9-15(13(11)14)10-12-7-3-2-4-8-12/h2-4,7-8,11,13H,5-6,9-10,14H2,1H3. The molecule has 2 atom stereocenters. The fourth-order valence-corrected chi connectivity index (χ4v) is 2.30. The quantitative estimate of drug-likeness (QED) is 0.800. The van der Waals surface area contributed by atoms with E-state index < -0.39 is 0 Å². The summed E-state index contributed by atoms with van der Waals surface area (Å²) in [5.41, 5.74) is 7.56. The van der Waals surface area contributed by atoms with Crippen molar-refractivity contribution >= 4 is 0 Å². The highest BCUT2D eigenvalue weighted by Crippen LogP contribution is 2.21. The monoisotopic (exact) mass is 204 g/mol. The minimum atomic E-state index is 0.235. The lowest BCUT2D eigenvalue weighted by Gasteiger charge is -2.37. The van der Waals surface area contributed by atoms with Gasteiger partial charge in [-0.1, -0.05) is 37.3 Å². The van der Waals surface area contributed by atoms with Crippen molar-refractivity contribution in [3.63, 3.8) is 0 Å². The fraction of sp³-hybridized carbons (Fsp3) is 0.538. The van der Waals surface area contributed by atoms with E-state index in [1.165, 1.54) is 18.4 Å². The third-order valence-electron chi connectivity index (χ3n) is 3.34. The summed E-state index contributed by atoms with van der Waals surface area (Å²) < 4.78 is 0. The number of nitrogens with zero attached hydrogens (tertiary/aromatic N) is 1. The predicted molar refractivity (Wildman–Crippen MR) is 63.2 cm³/mol. The largest absolute Gasteiger partial charge is 0.315 e. The molecule has 82 valence electrons. The van der Waals surface area contributed by atoms with Crippen LogP contribution in [0.25, 0.3) is 0 Å². The van der Waals surface area contributed by atoms with Crippen molar-refractivity contribution in [2.75, 3.05) is 6.54 Å². The van der Waals surface area contributed by atoms with Crippen molar-refractivity contribution in [2.45, 2.75) is 32.5 Å². The van der Waals surface area contributed by atoms with Gasteiger partial charge in [0.1, 0.15) is 0 Å². The molecular formula is C13H20N2. The second kappa shape index (κ2) is 4.77. The molecule has 2 nitrogen and oxygen atoms in total. The van der Waals surface area contributed by atoms with Gasteiger partial charge in [0, 0.05) is 6.54 Å². The highest BCUT2D eigenvalue weighted by atomic mass is 15.2. The van der Waals surface area contributed by atoms with Crippen LogP contribution in [0, 0.1) is 5.92 Å². The number of hydrogen-bond acceptors (Lipinski definition) is 2. The third-order valence-corrected chi connectivity index (χ3v) is 3.34. The first-order valence-corrected chi connectivity index (χ1v) is 5.81. The number of likely N-dealkylation sites (tertiary alicyclic amines) is 1. The van der Waals surface area contributed by atoms with E-state index >= 15 is 0 Å². The van der Waals surface area contributed by atoms with Crippen LogP contribution in [0.2, 0.25) is 0 Å². The predicted octanol–water partition coefficient (Wildman–Crippen LogP) is 2.20. The first-order valence-electron chi connectivity index (χ1n) is 5.81. The maximum atomic E-state index is 6.20. The normalized spacial score (nSPS) is 27.9. The minimum absolute atomic E-state index is 0.235. The number of hydrogen-bond donors (Lipinski definition) is 1. The van der Waals surface area contributed by atoms with Crippen molar-refractivity contribution in [1.29, 1.82) is 0 Å². The van der Waals surface area contributed by atoms with Crippen molar-refractivity contribution in [3.8, 4) is 0 Å². The fourth-order valence-electron chi connectivity index (χ4n) is 2.30. The molecule has 1 aliphatic rings. The number of piperidine rings is 1. The van der Waals surface area contributed by atoms with Gasteiger partial charge in [-0.05, 0) is 30.9 Å². The van der Waals surface area contributed by atoms with Crippen molar-refractivity contribution < 1.29 is 0 Å². The smallest absolute Gasteiger partial charge is 0.0601 e. The van der Waals surface area contributed by atoms with Gasteiger partial charge in [-0.25, -0.2) is 0 Å². The van der Waals surface area contributed by atoms with Gasteiger partial charge in [0.05, 0.1) is 6.17 Å². The summed E-state index contributed by atoms with van der Waals surface area (Å²) in [6.45, 7) is 4.38. The second-order valence-electron chi connectivity index (χ2n) is 4.57. The van der Waals surface area contributed by atoms with Crippen molar-refractivity contribution in [3.05, 3.63) is 35.9 Å². The summed E-state index contributed by atoms with van der Waals surface area (Å²) in [6.07, 6.45) is 2.78. The summed E-state index contributed by atoms with van der Waals surface area (Å²) in [7, 11) is 0. The molecule has 0 aromatic heterocycles. The molecule has 2 rings (SSSR count). The summed E-state index contributed by atoms with van der Waals surface area (Å²) in [4.78, 5) is 2.39. The Morgan fingerprint density at radius 2 is 2.07 bits per heavy atom. The molecule has 0 spiro atoms. The van der Waals surface area contributed by atoms with Crippen molar-refractivity contribution in [2.24, 2.45) is 11.7 Å². The van der Waals surface area contributed by atoms with Crippen LogP contribution < -0.4 is 5.73 Å². The molecule has 0 bridgehead atoms. The van der Waals surface area contributed by atoms with Gasteiger partial charge in [-0.15, -0.1) is 0 Å². The lowest BCUT2D eigenvalue weighted by molar-refractivity contribution is 0.0979. The lowest BCUT2D eigenvalue weighted by Crippen LogP contribution is -2.49. The average molecular weight is 204 g/mol. The Labute approximate surface area is 92.1 Å².